The van der Waals surface area contributed by atoms with Gasteiger partial charge in [0.1, 0.15) is 5.75 Å². The van der Waals surface area contributed by atoms with E-state index in [9.17, 15) is 4.79 Å². The molecule has 0 saturated carbocycles. The number of morpholine rings is 1. The minimum atomic E-state index is -0.503. The van der Waals surface area contributed by atoms with Crippen LogP contribution in [0.1, 0.15) is 5.56 Å². The number of hydrogen-bond donors (Lipinski definition) is 0. The molecule has 1 aliphatic rings. The molecule has 0 unspecified atom stereocenters. The molecular formula is C16H16ClN3O4. The highest BCUT2D eigenvalue weighted by atomic mass is 35.5. The van der Waals surface area contributed by atoms with Gasteiger partial charge in [-0.2, -0.15) is 0 Å². The average Bonchev–Trinajstić information content (AvgIpc) is 2.60. The van der Waals surface area contributed by atoms with Crippen molar-refractivity contribution in [3.8, 4) is 17.4 Å². The molecule has 0 aliphatic carbocycles. The van der Waals surface area contributed by atoms with Crippen molar-refractivity contribution in [1.82, 2.24) is 15.1 Å². The predicted octanol–water partition coefficient (Wildman–Crippen LogP) is 3.06. The van der Waals surface area contributed by atoms with E-state index < -0.39 is 6.09 Å². The zero-order valence-corrected chi connectivity index (χ0v) is 13.8. The van der Waals surface area contributed by atoms with Gasteiger partial charge in [-0.3, -0.25) is 0 Å². The first-order chi connectivity index (χ1) is 11.6. The maximum Gasteiger partial charge on any atom is 0.415 e. The van der Waals surface area contributed by atoms with E-state index in [1.54, 1.807) is 11.0 Å². The Morgan fingerprint density at radius 2 is 1.96 bits per heavy atom. The molecule has 1 amide bonds. The van der Waals surface area contributed by atoms with Gasteiger partial charge in [0.25, 0.3) is 5.88 Å². The second-order valence-electron chi connectivity index (χ2n) is 5.17. The Hall–Kier alpha value is -2.38. The first-order valence-electron chi connectivity index (χ1n) is 7.44. The average molecular weight is 350 g/mol. The molecule has 1 aromatic carbocycles. The lowest BCUT2D eigenvalue weighted by molar-refractivity contribution is 0.0413. The quantitative estimate of drug-likeness (QED) is 0.847. The number of amides is 1. The van der Waals surface area contributed by atoms with Gasteiger partial charge in [-0.15, -0.1) is 10.2 Å². The molecule has 3 rings (SSSR count). The molecule has 0 N–H and O–H groups in total. The minimum absolute atomic E-state index is 0.0790. The number of benzene rings is 1. The van der Waals surface area contributed by atoms with Crippen LogP contribution in [-0.2, 0) is 4.74 Å². The number of nitrogens with zero attached hydrogens (tertiary/aromatic N) is 3. The maximum atomic E-state index is 12.3. The van der Waals surface area contributed by atoms with Crippen molar-refractivity contribution in [2.75, 3.05) is 26.3 Å². The van der Waals surface area contributed by atoms with Crippen molar-refractivity contribution in [3.05, 3.63) is 41.0 Å². The third kappa shape index (κ3) is 3.93. The molecule has 7 nitrogen and oxygen atoms in total. The van der Waals surface area contributed by atoms with Gasteiger partial charge >= 0.3 is 6.09 Å². The number of carbonyl (C=O) groups excluding carboxylic acids is 1. The lowest BCUT2D eigenvalue weighted by Crippen LogP contribution is -2.42. The zero-order chi connectivity index (χ0) is 16.9. The summed E-state index contributed by atoms with van der Waals surface area (Å²) in [5, 5.41) is 7.75. The Morgan fingerprint density at radius 3 is 2.71 bits per heavy atom. The number of halogens is 1. The van der Waals surface area contributed by atoms with Crippen LogP contribution in [0.25, 0.3) is 0 Å². The number of ether oxygens (including phenoxy) is 3. The largest absolute Gasteiger partial charge is 0.435 e. The molecular weight excluding hydrogens is 334 g/mol. The third-order valence-electron chi connectivity index (χ3n) is 3.46. The summed E-state index contributed by atoms with van der Waals surface area (Å²) in [6, 6.07) is 8.83. The Kier molecular flexibility index (Phi) is 5.12. The molecule has 126 valence electrons. The summed E-state index contributed by atoms with van der Waals surface area (Å²) in [4.78, 5) is 13.8. The molecule has 1 aliphatic heterocycles. The van der Waals surface area contributed by atoms with Crippen LogP contribution < -0.4 is 9.47 Å². The van der Waals surface area contributed by atoms with Gasteiger partial charge < -0.3 is 19.1 Å². The van der Waals surface area contributed by atoms with Gasteiger partial charge in [0.15, 0.2) is 10.9 Å². The van der Waals surface area contributed by atoms with E-state index in [1.807, 2.05) is 25.1 Å². The third-order valence-corrected chi connectivity index (χ3v) is 3.65. The van der Waals surface area contributed by atoms with Gasteiger partial charge in [0.2, 0.25) is 0 Å². The fraction of sp³-hybridized carbons (Fsp3) is 0.312. The van der Waals surface area contributed by atoms with E-state index in [2.05, 4.69) is 10.2 Å². The summed E-state index contributed by atoms with van der Waals surface area (Å²) in [5.41, 5.74) is 0.916. The first-order valence-corrected chi connectivity index (χ1v) is 7.82. The van der Waals surface area contributed by atoms with Crippen molar-refractivity contribution < 1.29 is 19.0 Å². The summed E-state index contributed by atoms with van der Waals surface area (Å²) >= 11 is 5.87. The van der Waals surface area contributed by atoms with Crippen LogP contribution in [0.5, 0.6) is 17.4 Å². The van der Waals surface area contributed by atoms with E-state index in [1.165, 1.54) is 6.07 Å². The molecule has 24 heavy (non-hydrogen) atoms. The maximum absolute atomic E-state index is 12.3. The standard InChI is InChI=1S/C16H16ClN3O4/c1-11-4-2-3-5-12(11)23-15-13(10-14(17)18-19-15)24-16(21)20-6-8-22-9-7-20/h2-5,10H,6-9H2,1H3. The van der Waals surface area contributed by atoms with Gasteiger partial charge in [0.05, 0.1) is 13.2 Å². The van der Waals surface area contributed by atoms with Gasteiger partial charge in [-0.1, -0.05) is 29.8 Å². The molecule has 1 fully saturated rings. The monoisotopic (exact) mass is 349 g/mol. The number of para-hydroxylation sites is 1. The first kappa shape index (κ1) is 16.5. The molecule has 1 aromatic heterocycles. The summed E-state index contributed by atoms with van der Waals surface area (Å²) in [6.07, 6.45) is -0.503. The number of hydrogen-bond acceptors (Lipinski definition) is 6. The van der Waals surface area contributed by atoms with E-state index in [0.717, 1.165) is 5.56 Å². The SMILES string of the molecule is Cc1ccccc1Oc1nnc(Cl)cc1OC(=O)N1CCOCC1. The van der Waals surface area contributed by atoms with Crippen molar-refractivity contribution >= 4 is 17.7 Å². The van der Waals surface area contributed by atoms with E-state index in [0.29, 0.717) is 32.1 Å². The summed E-state index contributed by atoms with van der Waals surface area (Å²) in [7, 11) is 0. The molecule has 1 saturated heterocycles. The van der Waals surface area contributed by atoms with Crippen LogP contribution in [0, 0.1) is 6.92 Å². The second-order valence-corrected chi connectivity index (χ2v) is 5.56. The van der Waals surface area contributed by atoms with E-state index in [4.69, 9.17) is 25.8 Å². The van der Waals surface area contributed by atoms with Crippen molar-refractivity contribution in [2.24, 2.45) is 0 Å². The topological polar surface area (TPSA) is 73.8 Å². The fourth-order valence-electron chi connectivity index (χ4n) is 2.16. The lowest BCUT2D eigenvalue weighted by atomic mass is 10.2. The smallest absolute Gasteiger partial charge is 0.415 e. The molecule has 0 spiro atoms. The Bertz CT molecular complexity index is 735. The Labute approximate surface area is 144 Å². The van der Waals surface area contributed by atoms with Crippen molar-refractivity contribution in [1.29, 1.82) is 0 Å². The summed E-state index contributed by atoms with van der Waals surface area (Å²) in [5.74, 6) is 0.794. The number of aromatic nitrogens is 2. The van der Waals surface area contributed by atoms with Gasteiger partial charge in [-0.05, 0) is 18.6 Å². The molecule has 0 radical (unpaired) electrons. The molecule has 2 aromatic rings. The van der Waals surface area contributed by atoms with Gasteiger partial charge in [0, 0.05) is 19.2 Å². The molecule has 8 heteroatoms. The summed E-state index contributed by atoms with van der Waals surface area (Å²) < 4.78 is 16.3. The van der Waals surface area contributed by atoms with E-state index >= 15 is 0 Å². The number of aryl methyl sites for hydroxylation is 1. The van der Waals surface area contributed by atoms with Crippen LogP contribution in [0.4, 0.5) is 4.79 Å². The van der Waals surface area contributed by atoms with Crippen molar-refractivity contribution in [3.63, 3.8) is 0 Å². The number of carbonyl (C=O) groups is 1. The van der Waals surface area contributed by atoms with Crippen LogP contribution >= 0.6 is 11.6 Å². The molecule has 0 atom stereocenters. The normalized spacial score (nSPS) is 14.3. The van der Waals surface area contributed by atoms with E-state index in [-0.39, 0.29) is 16.8 Å². The molecule has 2 heterocycles. The highest BCUT2D eigenvalue weighted by Gasteiger charge is 2.22. The van der Waals surface area contributed by atoms with Crippen LogP contribution in [0.3, 0.4) is 0 Å². The second kappa shape index (κ2) is 7.46. The zero-order valence-electron chi connectivity index (χ0n) is 13.1. The highest BCUT2D eigenvalue weighted by Crippen LogP contribution is 2.32. The van der Waals surface area contributed by atoms with Crippen molar-refractivity contribution in [2.45, 2.75) is 6.92 Å². The lowest BCUT2D eigenvalue weighted by Gasteiger charge is -2.26. The molecule has 0 bridgehead atoms. The van der Waals surface area contributed by atoms with Crippen LogP contribution in [0.2, 0.25) is 5.15 Å². The number of rotatable bonds is 3. The predicted molar refractivity (Wildman–Crippen MR) is 86.7 cm³/mol. The Morgan fingerprint density at radius 1 is 1.21 bits per heavy atom. The summed E-state index contributed by atoms with van der Waals surface area (Å²) in [6.45, 7) is 3.81. The fourth-order valence-corrected chi connectivity index (χ4v) is 2.30. The highest BCUT2D eigenvalue weighted by molar-refractivity contribution is 6.29. The van der Waals surface area contributed by atoms with Gasteiger partial charge in [-0.25, -0.2) is 4.79 Å². The Balaban J connectivity index is 1.80. The van der Waals surface area contributed by atoms with Crippen LogP contribution in [0.15, 0.2) is 30.3 Å². The van der Waals surface area contributed by atoms with Crippen LogP contribution in [-0.4, -0.2) is 47.5 Å². The minimum Gasteiger partial charge on any atom is -0.435 e.